The molecule has 0 spiro atoms. The smallest absolute Gasteiger partial charge is 0.0921 e. The van der Waals surface area contributed by atoms with E-state index in [1.807, 2.05) is 12.4 Å². The Labute approximate surface area is 101 Å². The van der Waals surface area contributed by atoms with Crippen molar-refractivity contribution < 1.29 is 0 Å². The van der Waals surface area contributed by atoms with E-state index in [1.165, 1.54) is 11.4 Å². The van der Waals surface area contributed by atoms with Crippen LogP contribution in [0.25, 0.3) is 0 Å². The van der Waals surface area contributed by atoms with Crippen LogP contribution in [0.2, 0.25) is 0 Å². The van der Waals surface area contributed by atoms with E-state index in [9.17, 15) is 0 Å². The Bertz CT molecular complexity index is 418. The molecule has 0 aliphatic rings. The number of rotatable bonds is 7. The van der Waals surface area contributed by atoms with Gasteiger partial charge in [-0.15, -0.1) is 0 Å². The van der Waals surface area contributed by atoms with Crippen LogP contribution in [0.15, 0.2) is 24.8 Å². The molecule has 2 N–H and O–H groups in total. The van der Waals surface area contributed by atoms with Crippen molar-refractivity contribution in [1.29, 1.82) is 0 Å². The number of imidazole rings is 1. The number of hydrogen-bond donors (Lipinski definition) is 2. The zero-order valence-corrected chi connectivity index (χ0v) is 10.2. The average molecular weight is 233 g/mol. The van der Waals surface area contributed by atoms with Gasteiger partial charge in [0.15, 0.2) is 0 Å². The predicted molar refractivity (Wildman–Crippen MR) is 66.5 cm³/mol. The first-order valence-electron chi connectivity index (χ1n) is 6.09. The average Bonchev–Trinajstić information content (AvgIpc) is 2.96. The van der Waals surface area contributed by atoms with Crippen molar-refractivity contribution in [3.8, 4) is 0 Å². The molecule has 0 amide bonds. The van der Waals surface area contributed by atoms with Gasteiger partial charge >= 0.3 is 0 Å². The Morgan fingerprint density at radius 3 is 3.18 bits per heavy atom. The van der Waals surface area contributed by atoms with Crippen molar-refractivity contribution >= 4 is 0 Å². The van der Waals surface area contributed by atoms with Gasteiger partial charge in [-0.3, -0.25) is 4.68 Å². The number of nitrogens with zero attached hydrogens (tertiary/aromatic N) is 3. The molecule has 0 bridgehead atoms. The summed E-state index contributed by atoms with van der Waals surface area (Å²) in [5, 5.41) is 7.71. The first-order chi connectivity index (χ1) is 8.40. The van der Waals surface area contributed by atoms with Crippen molar-refractivity contribution in [3.63, 3.8) is 0 Å². The highest BCUT2D eigenvalue weighted by Gasteiger charge is 2.00. The highest BCUT2D eigenvalue weighted by Crippen LogP contribution is 2.00. The van der Waals surface area contributed by atoms with Gasteiger partial charge < -0.3 is 10.3 Å². The Hall–Kier alpha value is -1.62. The molecule has 0 aliphatic carbocycles. The quantitative estimate of drug-likeness (QED) is 0.710. The van der Waals surface area contributed by atoms with Crippen molar-refractivity contribution in [1.82, 2.24) is 25.1 Å². The molecule has 0 aromatic carbocycles. The minimum atomic E-state index is 0.869. The van der Waals surface area contributed by atoms with E-state index in [0.717, 1.165) is 32.5 Å². The highest BCUT2D eigenvalue weighted by atomic mass is 15.3. The largest absolute Gasteiger partial charge is 0.348 e. The molecule has 92 valence electrons. The first-order valence-corrected chi connectivity index (χ1v) is 6.09. The number of hydrogen-bond acceptors (Lipinski definition) is 3. The molecular formula is C12H19N5. The van der Waals surface area contributed by atoms with Crippen molar-refractivity contribution in [2.75, 3.05) is 6.54 Å². The molecule has 0 saturated carbocycles. The van der Waals surface area contributed by atoms with E-state index < -0.39 is 0 Å². The maximum absolute atomic E-state index is 4.30. The van der Waals surface area contributed by atoms with Crippen LogP contribution < -0.4 is 5.32 Å². The molecule has 2 aromatic rings. The fourth-order valence-corrected chi connectivity index (χ4v) is 1.78. The number of nitrogens with one attached hydrogen (secondary N) is 2. The summed E-state index contributed by atoms with van der Waals surface area (Å²) in [4.78, 5) is 7.09. The zero-order valence-electron chi connectivity index (χ0n) is 10.2. The van der Waals surface area contributed by atoms with Gasteiger partial charge in [-0.2, -0.15) is 5.10 Å². The van der Waals surface area contributed by atoms with E-state index in [1.54, 1.807) is 6.33 Å². The van der Waals surface area contributed by atoms with E-state index >= 15 is 0 Å². The normalized spacial score (nSPS) is 10.9. The van der Waals surface area contributed by atoms with Gasteiger partial charge in [-0.25, -0.2) is 4.98 Å². The third-order valence-corrected chi connectivity index (χ3v) is 2.67. The Morgan fingerprint density at radius 1 is 1.47 bits per heavy atom. The SMILES string of the molecule is CCCn1nccc1CNCCc1cnc[nH]1. The summed E-state index contributed by atoms with van der Waals surface area (Å²) < 4.78 is 2.06. The van der Waals surface area contributed by atoms with Gasteiger partial charge in [0.1, 0.15) is 0 Å². The Morgan fingerprint density at radius 2 is 2.41 bits per heavy atom. The molecule has 0 atom stereocenters. The summed E-state index contributed by atoms with van der Waals surface area (Å²) in [7, 11) is 0. The standard InChI is InChI=1S/C12H19N5/c1-2-7-17-12(4-6-16-17)9-13-5-3-11-8-14-10-15-11/h4,6,8,10,13H,2-3,5,7,9H2,1H3,(H,14,15). The third kappa shape index (κ3) is 3.42. The lowest BCUT2D eigenvalue weighted by Gasteiger charge is -2.07. The summed E-state index contributed by atoms with van der Waals surface area (Å²) in [6.45, 7) is 4.97. The van der Waals surface area contributed by atoms with Crippen LogP contribution in [-0.2, 0) is 19.5 Å². The molecule has 2 rings (SSSR count). The minimum absolute atomic E-state index is 0.869. The Kier molecular flexibility index (Phi) is 4.32. The fourth-order valence-electron chi connectivity index (χ4n) is 1.78. The van der Waals surface area contributed by atoms with Crippen LogP contribution in [-0.4, -0.2) is 26.3 Å². The monoisotopic (exact) mass is 233 g/mol. The van der Waals surface area contributed by atoms with Crippen LogP contribution in [0.3, 0.4) is 0 Å². The lowest BCUT2D eigenvalue weighted by molar-refractivity contribution is 0.550. The van der Waals surface area contributed by atoms with Crippen molar-refractivity contribution in [2.45, 2.75) is 32.9 Å². The molecule has 17 heavy (non-hydrogen) atoms. The minimum Gasteiger partial charge on any atom is -0.348 e. The fraction of sp³-hybridized carbons (Fsp3) is 0.500. The molecule has 0 fully saturated rings. The van der Waals surface area contributed by atoms with Crippen LogP contribution in [0.5, 0.6) is 0 Å². The van der Waals surface area contributed by atoms with E-state index in [2.05, 4.69) is 38.1 Å². The molecule has 2 aromatic heterocycles. The lowest BCUT2D eigenvalue weighted by Crippen LogP contribution is -2.19. The summed E-state index contributed by atoms with van der Waals surface area (Å²) in [5.41, 5.74) is 2.41. The Balaban J connectivity index is 1.72. The number of H-pyrrole nitrogens is 1. The molecule has 0 unspecified atom stereocenters. The lowest BCUT2D eigenvalue weighted by atomic mass is 10.3. The molecule has 5 heteroatoms. The summed E-state index contributed by atoms with van der Waals surface area (Å²) in [6.07, 6.45) is 7.53. The summed E-state index contributed by atoms with van der Waals surface area (Å²) in [5.74, 6) is 0. The molecule has 0 saturated heterocycles. The van der Waals surface area contributed by atoms with Crippen LogP contribution in [0.4, 0.5) is 0 Å². The van der Waals surface area contributed by atoms with E-state index in [-0.39, 0.29) is 0 Å². The second-order valence-electron chi connectivity index (χ2n) is 4.05. The van der Waals surface area contributed by atoms with Crippen molar-refractivity contribution in [2.24, 2.45) is 0 Å². The topological polar surface area (TPSA) is 58.5 Å². The van der Waals surface area contributed by atoms with Gasteiger partial charge in [-0.1, -0.05) is 6.92 Å². The highest BCUT2D eigenvalue weighted by molar-refractivity contribution is 5.00. The molecule has 0 aliphatic heterocycles. The van der Waals surface area contributed by atoms with Gasteiger partial charge in [0.2, 0.25) is 0 Å². The number of aromatic nitrogens is 4. The van der Waals surface area contributed by atoms with Gasteiger partial charge in [0.25, 0.3) is 0 Å². The van der Waals surface area contributed by atoms with Gasteiger partial charge in [0, 0.05) is 44.1 Å². The second-order valence-corrected chi connectivity index (χ2v) is 4.05. The third-order valence-electron chi connectivity index (χ3n) is 2.67. The maximum Gasteiger partial charge on any atom is 0.0921 e. The van der Waals surface area contributed by atoms with Crippen molar-refractivity contribution in [3.05, 3.63) is 36.2 Å². The molecule has 0 radical (unpaired) electrons. The van der Waals surface area contributed by atoms with Crippen LogP contribution in [0.1, 0.15) is 24.7 Å². The number of aromatic amines is 1. The van der Waals surface area contributed by atoms with Crippen LogP contribution >= 0.6 is 0 Å². The summed E-state index contributed by atoms with van der Waals surface area (Å²) >= 11 is 0. The maximum atomic E-state index is 4.30. The molecule has 2 heterocycles. The molecule has 5 nitrogen and oxygen atoms in total. The zero-order chi connectivity index (χ0) is 11.9. The van der Waals surface area contributed by atoms with E-state index in [4.69, 9.17) is 0 Å². The summed E-state index contributed by atoms with van der Waals surface area (Å²) in [6, 6.07) is 2.07. The first kappa shape index (κ1) is 11.9. The molecular weight excluding hydrogens is 214 g/mol. The van der Waals surface area contributed by atoms with Gasteiger partial charge in [0.05, 0.1) is 12.0 Å². The second kappa shape index (κ2) is 6.20. The van der Waals surface area contributed by atoms with E-state index in [0.29, 0.717) is 0 Å². The number of aryl methyl sites for hydroxylation is 1. The predicted octanol–water partition coefficient (Wildman–Crippen LogP) is 1.35. The van der Waals surface area contributed by atoms with Gasteiger partial charge in [-0.05, 0) is 12.5 Å². The van der Waals surface area contributed by atoms with Crippen LogP contribution in [0, 0.1) is 0 Å².